The van der Waals surface area contributed by atoms with Crippen LogP contribution in [0.3, 0.4) is 0 Å². The summed E-state index contributed by atoms with van der Waals surface area (Å²) in [7, 11) is -3.60. The maximum absolute atomic E-state index is 13.2. The molecule has 0 spiro atoms. The number of sulfonamides is 1. The predicted molar refractivity (Wildman–Crippen MR) is 156 cm³/mol. The van der Waals surface area contributed by atoms with Gasteiger partial charge in [0.15, 0.2) is 11.5 Å². The maximum Gasteiger partial charge on any atom is 0.349 e. The first kappa shape index (κ1) is 30.0. The van der Waals surface area contributed by atoms with Crippen molar-refractivity contribution in [3.8, 4) is 16.2 Å². The van der Waals surface area contributed by atoms with Gasteiger partial charge in [-0.25, -0.2) is 22.3 Å². The molecule has 1 fully saturated rings. The molecule has 0 saturated carbocycles. The molecule has 2 aromatic carbocycles. The summed E-state index contributed by atoms with van der Waals surface area (Å²) in [6.07, 6.45) is 1.18. The number of anilines is 2. The minimum absolute atomic E-state index is 0.0249. The summed E-state index contributed by atoms with van der Waals surface area (Å²) in [6.45, 7) is 3.12. The molecule has 0 bridgehead atoms. The lowest BCUT2D eigenvalue weighted by Gasteiger charge is -2.32. The normalized spacial score (nSPS) is 14.4. The average Bonchev–Trinajstić information content (AvgIpc) is 3.25. The van der Waals surface area contributed by atoms with E-state index < -0.39 is 28.6 Å². The molecule has 4 rings (SSSR count). The van der Waals surface area contributed by atoms with Gasteiger partial charge in [0.25, 0.3) is 0 Å². The minimum Gasteiger partial charge on any atom is -0.480 e. The fourth-order valence-electron chi connectivity index (χ4n) is 4.73. The van der Waals surface area contributed by atoms with E-state index in [0.717, 1.165) is 22.6 Å². The number of para-hydroxylation sites is 1. The van der Waals surface area contributed by atoms with Crippen LogP contribution in [0.15, 0.2) is 48.5 Å². The Labute approximate surface area is 241 Å². The highest BCUT2D eigenvalue weighted by Gasteiger charge is 2.29. The Morgan fingerprint density at radius 3 is 2.44 bits per heavy atom. The van der Waals surface area contributed by atoms with Crippen molar-refractivity contribution < 1.29 is 37.8 Å². The first-order valence-corrected chi connectivity index (χ1v) is 15.3. The second-order valence-electron chi connectivity index (χ2n) is 9.70. The summed E-state index contributed by atoms with van der Waals surface area (Å²) in [5, 5.41) is 24.7. The number of piperidine rings is 1. The Morgan fingerprint density at radius 1 is 1.07 bits per heavy atom. The zero-order chi connectivity index (χ0) is 29.7. The number of thiophene rings is 1. The number of aliphatic carboxylic acids is 1. The highest BCUT2D eigenvalue weighted by atomic mass is 32.2. The van der Waals surface area contributed by atoms with Gasteiger partial charge in [-0.2, -0.15) is 0 Å². The highest BCUT2D eigenvalue weighted by molar-refractivity contribution is 7.88. The van der Waals surface area contributed by atoms with Gasteiger partial charge in [-0.15, -0.1) is 11.3 Å². The molecule has 41 heavy (non-hydrogen) atoms. The van der Waals surface area contributed by atoms with E-state index in [1.54, 1.807) is 31.2 Å². The molecule has 218 valence electrons. The van der Waals surface area contributed by atoms with E-state index in [-0.39, 0.29) is 28.3 Å². The summed E-state index contributed by atoms with van der Waals surface area (Å²) in [6, 6.07) is 14.3. The van der Waals surface area contributed by atoms with Gasteiger partial charge in [-0.05, 0) is 49.1 Å². The Bertz CT molecular complexity index is 1560. The molecular formula is C28H31N3O8S2. The number of amides is 1. The van der Waals surface area contributed by atoms with E-state index >= 15 is 0 Å². The van der Waals surface area contributed by atoms with E-state index in [0.29, 0.717) is 47.6 Å². The number of rotatable bonds is 11. The average molecular weight is 602 g/mol. The van der Waals surface area contributed by atoms with E-state index in [1.807, 2.05) is 24.3 Å². The van der Waals surface area contributed by atoms with Crippen LogP contribution in [0.1, 0.15) is 40.6 Å². The number of carboxylic acid groups (broad SMARTS) is 2. The van der Waals surface area contributed by atoms with Crippen molar-refractivity contribution in [3.63, 3.8) is 0 Å². The summed E-state index contributed by atoms with van der Waals surface area (Å²) < 4.78 is 33.1. The molecule has 4 N–H and O–H groups in total. The smallest absolute Gasteiger partial charge is 0.349 e. The molecule has 1 aliphatic heterocycles. The number of ether oxygens (including phenoxy) is 1. The van der Waals surface area contributed by atoms with Crippen molar-refractivity contribution in [1.29, 1.82) is 0 Å². The maximum atomic E-state index is 13.2. The summed E-state index contributed by atoms with van der Waals surface area (Å²) in [4.78, 5) is 34.8. The zero-order valence-electron chi connectivity index (χ0n) is 22.5. The quantitative estimate of drug-likeness (QED) is 0.252. The first-order valence-electron chi connectivity index (χ1n) is 12.9. The Hall–Kier alpha value is -3.94. The van der Waals surface area contributed by atoms with Crippen molar-refractivity contribution in [2.24, 2.45) is 0 Å². The summed E-state index contributed by atoms with van der Waals surface area (Å²) in [5.41, 5.74) is 3.11. The number of hydrogen-bond acceptors (Lipinski definition) is 8. The van der Waals surface area contributed by atoms with Crippen molar-refractivity contribution in [1.82, 2.24) is 4.31 Å². The lowest BCUT2D eigenvalue weighted by Crippen LogP contribution is -2.42. The molecular weight excluding hydrogens is 570 g/mol. The molecule has 0 radical (unpaired) electrons. The second-order valence-corrected chi connectivity index (χ2v) is 12.7. The van der Waals surface area contributed by atoms with Crippen molar-refractivity contribution in [3.05, 3.63) is 64.5 Å². The van der Waals surface area contributed by atoms with Crippen molar-refractivity contribution in [2.45, 2.75) is 38.5 Å². The van der Waals surface area contributed by atoms with Crippen molar-refractivity contribution in [2.75, 3.05) is 30.3 Å². The van der Waals surface area contributed by atoms with Crippen LogP contribution >= 0.6 is 11.3 Å². The predicted octanol–water partition coefficient (Wildman–Crippen LogP) is 4.25. The monoisotopic (exact) mass is 601 g/mol. The van der Waals surface area contributed by atoms with Gasteiger partial charge in [0.05, 0.1) is 5.75 Å². The molecule has 0 unspecified atom stereocenters. The van der Waals surface area contributed by atoms with Crippen LogP contribution < -0.4 is 15.4 Å². The van der Waals surface area contributed by atoms with Crippen LogP contribution in [-0.4, -0.2) is 66.5 Å². The summed E-state index contributed by atoms with van der Waals surface area (Å²) >= 11 is 1.02. The number of carbonyl (C=O) groups excluding carboxylic acids is 1. The molecule has 3 aromatic rings. The third kappa shape index (κ3) is 7.43. The van der Waals surface area contributed by atoms with Crippen LogP contribution in [0, 0.1) is 6.92 Å². The Kier molecular flexibility index (Phi) is 9.31. The Balaban J connectivity index is 1.42. The number of aromatic carboxylic acids is 1. The van der Waals surface area contributed by atoms with E-state index in [1.165, 1.54) is 11.2 Å². The largest absolute Gasteiger partial charge is 0.480 e. The number of benzene rings is 2. The standard InChI is InChI=1S/C28H31N3O8S2/c1-17-25(39-15-24(33)34)27(28(35)36)40-26(17)19-7-5-8-22(14-19)30-21-10-12-31(13-11-21)41(37,38)16-20-6-3-4-9-23(20)29-18(2)32/h3-9,14,21,30H,10-13,15-16H2,1-2H3,(H,29,32)(H,33,34)(H,35,36). The molecule has 0 aliphatic carbocycles. The van der Waals surface area contributed by atoms with Crippen LogP contribution in [0.5, 0.6) is 5.75 Å². The van der Waals surface area contributed by atoms with Crippen molar-refractivity contribution >= 4 is 50.6 Å². The molecule has 1 saturated heterocycles. The Morgan fingerprint density at radius 2 is 1.78 bits per heavy atom. The highest BCUT2D eigenvalue weighted by Crippen LogP contribution is 2.42. The molecule has 1 aliphatic rings. The second kappa shape index (κ2) is 12.7. The number of carbonyl (C=O) groups is 3. The third-order valence-corrected chi connectivity index (χ3v) is 9.77. The van der Waals surface area contributed by atoms with Crippen LogP contribution in [0.25, 0.3) is 10.4 Å². The lowest BCUT2D eigenvalue weighted by molar-refractivity contribution is -0.139. The van der Waals surface area contributed by atoms with Gasteiger partial charge in [-0.3, -0.25) is 4.79 Å². The van der Waals surface area contributed by atoms with E-state index in [9.17, 15) is 27.9 Å². The fourth-order valence-corrected chi connectivity index (χ4v) is 7.41. The summed E-state index contributed by atoms with van der Waals surface area (Å²) in [5.74, 6) is -2.83. The lowest BCUT2D eigenvalue weighted by atomic mass is 10.0. The molecule has 2 heterocycles. The van der Waals surface area contributed by atoms with Gasteiger partial charge in [0, 0.05) is 47.9 Å². The molecule has 11 nitrogen and oxygen atoms in total. The van der Waals surface area contributed by atoms with Crippen LogP contribution in [0.2, 0.25) is 0 Å². The van der Waals surface area contributed by atoms with Crippen LogP contribution in [0.4, 0.5) is 11.4 Å². The van der Waals surface area contributed by atoms with Crippen LogP contribution in [-0.2, 0) is 25.4 Å². The van der Waals surface area contributed by atoms with Gasteiger partial charge < -0.3 is 25.6 Å². The van der Waals surface area contributed by atoms with Gasteiger partial charge in [0.2, 0.25) is 15.9 Å². The van der Waals surface area contributed by atoms with Gasteiger partial charge >= 0.3 is 11.9 Å². The molecule has 1 aromatic heterocycles. The molecule has 0 atom stereocenters. The topological polar surface area (TPSA) is 162 Å². The molecule has 13 heteroatoms. The zero-order valence-corrected chi connectivity index (χ0v) is 24.2. The van der Waals surface area contributed by atoms with E-state index in [2.05, 4.69) is 10.6 Å². The van der Waals surface area contributed by atoms with E-state index in [4.69, 9.17) is 9.84 Å². The molecule has 1 amide bonds. The number of hydrogen-bond donors (Lipinski definition) is 4. The van der Waals surface area contributed by atoms with Gasteiger partial charge in [-0.1, -0.05) is 30.3 Å². The SMILES string of the molecule is CC(=O)Nc1ccccc1CS(=O)(=O)N1CCC(Nc2cccc(-c3sc(C(=O)O)c(OCC(=O)O)c3C)c2)CC1. The number of nitrogens with one attached hydrogen (secondary N) is 2. The third-order valence-electron chi connectivity index (χ3n) is 6.63. The first-order chi connectivity index (χ1) is 19.4. The minimum atomic E-state index is -3.60. The number of carboxylic acids is 2. The van der Waals surface area contributed by atoms with Gasteiger partial charge in [0.1, 0.15) is 5.75 Å². The number of nitrogens with zero attached hydrogens (tertiary/aromatic N) is 1. The fraction of sp³-hybridized carbons (Fsp3) is 0.321.